The lowest BCUT2D eigenvalue weighted by Crippen LogP contribution is -1.98. The number of ether oxygens (including phenoxy) is 1. The van der Waals surface area contributed by atoms with Gasteiger partial charge in [0.25, 0.3) is 0 Å². The van der Waals surface area contributed by atoms with Gasteiger partial charge in [-0.25, -0.2) is 0 Å². The summed E-state index contributed by atoms with van der Waals surface area (Å²) in [5.74, 6) is 1.53. The largest absolute Gasteiger partial charge is 0.496 e. The van der Waals surface area contributed by atoms with Crippen LogP contribution in [0, 0.1) is 0 Å². The van der Waals surface area contributed by atoms with Gasteiger partial charge < -0.3 is 4.74 Å². The lowest BCUT2D eigenvalue weighted by Gasteiger charge is -2.14. The molecule has 20 heavy (non-hydrogen) atoms. The quantitative estimate of drug-likeness (QED) is 0.657. The molecule has 2 heteroatoms. The zero-order valence-electron chi connectivity index (χ0n) is 12.3. The number of methoxy groups -OCH3 is 1. The number of rotatable bonds is 5. The third kappa shape index (κ3) is 3.63. The lowest BCUT2D eigenvalue weighted by molar-refractivity contribution is 0.409. The van der Waals surface area contributed by atoms with E-state index in [1.165, 1.54) is 16.7 Å². The Bertz CT molecular complexity index is 546. The smallest absolute Gasteiger partial charge is 0.122 e. The van der Waals surface area contributed by atoms with Gasteiger partial charge in [-0.15, -0.1) is 0 Å². The second-order valence-electron chi connectivity index (χ2n) is 5.30. The van der Waals surface area contributed by atoms with Gasteiger partial charge in [-0.3, -0.25) is 0 Å². The van der Waals surface area contributed by atoms with Crippen molar-refractivity contribution in [3.8, 4) is 5.75 Å². The van der Waals surface area contributed by atoms with Crippen molar-refractivity contribution in [3.05, 3.63) is 65.2 Å². The summed E-state index contributed by atoms with van der Waals surface area (Å²) in [6.45, 7) is 4.44. The topological polar surface area (TPSA) is 9.23 Å². The fourth-order valence-electron chi connectivity index (χ4n) is 2.27. The zero-order chi connectivity index (χ0) is 14.5. The van der Waals surface area contributed by atoms with Crippen LogP contribution in [-0.2, 0) is 6.42 Å². The highest BCUT2D eigenvalue weighted by Crippen LogP contribution is 2.31. The second-order valence-corrected chi connectivity index (χ2v) is 6.41. The fourth-order valence-corrected chi connectivity index (χ4v) is 2.93. The molecular formula is C18H21BrO. The van der Waals surface area contributed by atoms with E-state index in [1.54, 1.807) is 7.11 Å². The van der Waals surface area contributed by atoms with Crippen molar-refractivity contribution in [2.75, 3.05) is 7.11 Å². The minimum absolute atomic E-state index is 0.306. The molecule has 0 heterocycles. The van der Waals surface area contributed by atoms with Crippen molar-refractivity contribution >= 4 is 15.9 Å². The molecule has 2 aromatic rings. The summed E-state index contributed by atoms with van der Waals surface area (Å²) < 4.78 is 5.41. The van der Waals surface area contributed by atoms with Crippen LogP contribution in [0.5, 0.6) is 5.75 Å². The third-order valence-electron chi connectivity index (χ3n) is 3.56. The van der Waals surface area contributed by atoms with Gasteiger partial charge in [-0.05, 0) is 35.1 Å². The Morgan fingerprint density at radius 2 is 1.55 bits per heavy atom. The molecule has 0 aliphatic carbocycles. The van der Waals surface area contributed by atoms with E-state index < -0.39 is 0 Å². The van der Waals surface area contributed by atoms with Gasteiger partial charge in [-0.1, -0.05) is 72.2 Å². The van der Waals surface area contributed by atoms with Crippen LogP contribution >= 0.6 is 15.9 Å². The van der Waals surface area contributed by atoms with Crippen LogP contribution in [0.4, 0.5) is 0 Å². The molecule has 0 spiro atoms. The summed E-state index contributed by atoms with van der Waals surface area (Å²) in [7, 11) is 1.72. The Labute approximate surface area is 130 Å². The van der Waals surface area contributed by atoms with E-state index in [-0.39, 0.29) is 0 Å². The molecule has 106 valence electrons. The SMILES string of the molecule is COc1ccccc1CC(Br)c1ccc(C(C)C)cc1. The Morgan fingerprint density at radius 1 is 0.950 bits per heavy atom. The molecule has 1 unspecified atom stereocenters. The minimum atomic E-state index is 0.306. The number of para-hydroxylation sites is 1. The average molecular weight is 333 g/mol. The summed E-state index contributed by atoms with van der Waals surface area (Å²) in [6.07, 6.45) is 0.922. The Balaban J connectivity index is 2.13. The predicted octanol–water partition coefficient (Wildman–Crippen LogP) is 5.50. The maximum atomic E-state index is 5.41. The van der Waals surface area contributed by atoms with Gasteiger partial charge in [-0.2, -0.15) is 0 Å². The van der Waals surface area contributed by atoms with Crippen LogP contribution in [0.25, 0.3) is 0 Å². The summed E-state index contributed by atoms with van der Waals surface area (Å²) in [5, 5.41) is 0. The van der Waals surface area contributed by atoms with Gasteiger partial charge in [0.15, 0.2) is 0 Å². The molecule has 2 aromatic carbocycles. The zero-order valence-corrected chi connectivity index (χ0v) is 13.9. The number of alkyl halides is 1. The van der Waals surface area contributed by atoms with Crippen LogP contribution in [0.15, 0.2) is 48.5 Å². The van der Waals surface area contributed by atoms with Crippen LogP contribution in [-0.4, -0.2) is 7.11 Å². The van der Waals surface area contributed by atoms with E-state index in [2.05, 4.69) is 66.2 Å². The fraction of sp³-hybridized carbons (Fsp3) is 0.333. The lowest BCUT2D eigenvalue weighted by atomic mass is 9.98. The van der Waals surface area contributed by atoms with E-state index in [4.69, 9.17) is 4.74 Å². The van der Waals surface area contributed by atoms with E-state index in [1.807, 2.05) is 12.1 Å². The van der Waals surface area contributed by atoms with E-state index >= 15 is 0 Å². The molecule has 0 amide bonds. The highest BCUT2D eigenvalue weighted by molar-refractivity contribution is 9.09. The van der Waals surface area contributed by atoms with Crippen molar-refractivity contribution in [2.24, 2.45) is 0 Å². The maximum absolute atomic E-state index is 5.41. The molecule has 0 fully saturated rings. The molecule has 2 rings (SSSR count). The van der Waals surface area contributed by atoms with E-state index in [0.717, 1.165) is 12.2 Å². The number of hydrogen-bond acceptors (Lipinski definition) is 1. The van der Waals surface area contributed by atoms with E-state index in [9.17, 15) is 0 Å². The standard InChI is InChI=1S/C18H21BrO/c1-13(2)14-8-10-15(11-9-14)17(19)12-16-6-4-5-7-18(16)20-3/h4-11,13,17H,12H2,1-3H3. The molecule has 0 aliphatic rings. The van der Waals surface area contributed by atoms with Gasteiger partial charge in [0.2, 0.25) is 0 Å². The predicted molar refractivity (Wildman–Crippen MR) is 88.9 cm³/mol. The van der Waals surface area contributed by atoms with Crippen molar-refractivity contribution in [2.45, 2.75) is 31.0 Å². The monoisotopic (exact) mass is 332 g/mol. The number of hydrogen-bond donors (Lipinski definition) is 0. The first kappa shape index (κ1) is 15.1. The van der Waals surface area contributed by atoms with Gasteiger partial charge >= 0.3 is 0 Å². The average Bonchev–Trinajstić information content (AvgIpc) is 2.48. The van der Waals surface area contributed by atoms with Gasteiger partial charge in [0, 0.05) is 4.83 Å². The molecule has 0 saturated heterocycles. The second kappa shape index (κ2) is 6.94. The summed E-state index contributed by atoms with van der Waals surface area (Å²) in [4.78, 5) is 0.306. The summed E-state index contributed by atoms with van der Waals surface area (Å²) >= 11 is 3.79. The summed E-state index contributed by atoms with van der Waals surface area (Å²) in [6, 6.07) is 17.1. The van der Waals surface area contributed by atoms with Crippen LogP contribution in [0.2, 0.25) is 0 Å². The van der Waals surface area contributed by atoms with Crippen LogP contribution in [0.3, 0.4) is 0 Å². The highest BCUT2D eigenvalue weighted by Gasteiger charge is 2.12. The van der Waals surface area contributed by atoms with Crippen molar-refractivity contribution in [3.63, 3.8) is 0 Å². The molecule has 0 radical (unpaired) electrons. The highest BCUT2D eigenvalue weighted by atomic mass is 79.9. The molecule has 0 aromatic heterocycles. The van der Waals surface area contributed by atoms with Crippen molar-refractivity contribution in [1.29, 1.82) is 0 Å². The first-order valence-corrected chi connectivity index (χ1v) is 7.89. The molecule has 1 atom stereocenters. The van der Waals surface area contributed by atoms with Crippen molar-refractivity contribution < 1.29 is 4.74 Å². The van der Waals surface area contributed by atoms with Crippen LogP contribution in [0.1, 0.15) is 41.3 Å². The normalized spacial score (nSPS) is 12.4. The first-order chi connectivity index (χ1) is 9.61. The maximum Gasteiger partial charge on any atom is 0.122 e. The van der Waals surface area contributed by atoms with E-state index in [0.29, 0.717) is 10.7 Å². The Kier molecular flexibility index (Phi) is 5.24. The molecule has 0 aliphatic heterocycles. The Morgan fingerprint density at radius 3 is 2.15 bits per heavy atom. The van der Waals surface area contributed by atoms with Crippen LogP contribution < -0.4 is 4.74 Å². The van der Waals surface area contributed by atoms with Gasteiger partial charge in [0.1, 0.15) is 5.75 Å². The molecule has 0 saturated carbocycles. The van der Waals surface area contributed by atoms with Crippen molar-refractivity contribution in [1.82, 2.24) is 0 Å². The van der Waals surface area contributed by atoms with Gasteiger partial charge in [0.05, 0.1) is 7.11 Å². The third-order valence-corrected chi connectivity index (χ3v) is 4.41. The first-order valence-electron chi connectivity index (χ1n) is 6.97. The molecule has 1 nitrogen and oxygen atoms in total. The number of halogens is 1. The summed E-state index contributed by atoms with van der Waals surface area (Å²) in [5.41, 5.74) is 3.91. The number of benzene rings is 2. The molecule has 0 bridgehead atoms. The Hall–Kier alpha value is -1.28. The minimum Gasteiger partial charge on any atom is -0.496 e. The molecular weight excluding hydrogens is 312 g/mol. The molecule has 0 N–H and O–H groups in total.